The van der Waals surface area contributed by atoms with Gasteiger partial charge in [-0.2, -0.15) is 0 Å². The maximum absolute atomic E-state index is 6.73. The highest BCUT2D eigenvalue weighted by atomic mass is 16.7. The van der Waals surface area contributed by atoms with Crippen molar-refractivity contribution in [1.29, 1.82) is 0 Å². The zero-order valence-electron chi connectivity index (χ0n) is 27.4. The molecule has 0 bridgehead atoms. The molecular weight excluding hydrogens is 494 g/mol. The predicted molar refractivity (Wildman–Crippen MR) is 169 cm³/mol. The van der Waals surface area contributed by atoms with Gasteiger partial charge in [0.1, 0.15) is 0 Å². The van der Waals surface area contributed by atoms with Gasteiger partial charge in [0.25, 0.3) is 0 Å². The molecule has 0 radical (unpaired) electrons. The SMILES string of the molecule is CC(C)(C)c1ccc(/C(B2OC(C)(C)C(C)(C)O2)=C(/B2OC(C)(C)C(C)(C)O2)c2ccc(C(C)(C)C)cc2)cc1. The molecule has 2 heterocycles. The van der Waals surface area contributed by atoms with E-state index in [-0.39, 0.29) is 10.8 Å². The Bertz CT molecular complexity index is 1130. The van der Waals surface area contributed by atoms with Crippen LogP contribution in [0.3, 0.4) is 0 Å². The lowest BCUT2D eigenvalue weighted by Crippen LogP contribution is -2.41. The van der Waals surface area contributed by atoms with E-state index in [0.29, 0.717) is 0 Å². The quantitative estimate of drug-likeness (QED) is 0.286. The van der Waals surface area contributed by atoms with Crippen molar-refractivity contribution in [3.05, 3.63) is 70.8 Å². The predicted octanol–water partition coefficient (Wildman–Crippen LogP) is 8.46. The molecule has 2 aliphatic heterocycles. The standard InChI is InChI=1S/C34H50B2O4/c1-29(2,3)25-19-15-23(16-20-25)27(35-37-31(7,8)32(9,10)38-35)28(36-39-33(11,12)34(13,14)40-36)24-17-21-26(22-18-24)30(4,5)6/h15-22H,1-14H3/b28-27-. The summed E-state index contributed by atoms with van der Waals surface area (Å²) in [5, 5.41) is 0. The molecule has 0 atom stereocenters. The zero-order valence-corrected chi connectivity index (χ0v) is 27.4. The van der Waals surface area contributed by atoms with Gasteiger partial charge in [0.05, 0.1) is 22.4 Å². The van der Waals surface area contributed by atoms with Crippen LogP contribution in [-0.4, -0.2) is 36.6 Å². The number of hydrogen-bond acceptors (Lipinski definition) is 4. The first-order valence-electron chi connectivity index (χ1n) is 14.7. The van der Waals surface area contributed by atoms with Gasteiger partial charge in [-0.15, -0.1) is 0 Å². The van der Waals surface area contributed by atoms with E-state index in [4.69, 9.17) is 18.6 Å². The van der Waals surface area contributed by atoms with Crippen molar-refractivity contribution in [1.82, 2.24) is 0 Å². The maximum Gasteiger partial charge on any atom is 0.495 e. The van der Waals surface area contributed by atoms with Crippen LogP contribution in [0, 0.1) is 0 Å². The molecule has 2 aromatic carbocycles. The first-order valence-corrected chi connectivity index (χ1v) is 14.7. The average Bonchev–Trinajstić information content (AvgIpc) is 3.15. The van der Waals surface area contributed by atoms with Crippen molar-refractivity contribution in [2.24, 2.45) is 0 Å². The lowest BCUT2D eigenvalue weighted by molar-refractivity contribution is 0.00578. The summed E-state index contributed by atoms with van der Waals surface area (Å²) in [6.07, 6.45) is 0. The Morgan fingerprint density at radius 1 is 0.450 bits per heavy atom. The third-order valence-corrected chi connectivity index (χ3v) is 9.39. The monoisotopic (exact) mass is 544 g/mol. The molecule has 216 valence electrons. The summed E-state index contributed by atoms with van der Waals surface area (Å²) < 4.78 is 26.9. The van der Waals surface area contributed by atoms with Crippen molar-refractivity contribution in [3.63, 3.8) is 0 Å². The summed E-state index contributed by atoms with van der Waals surface area (Å²) in [4.78, 5) is 0. The average molecular weight is 544 g/mol. The van der Waals surface area contributed by atoms with Crippen LogP contribution < -0.4 is 0 Å². The lowest BCUT2D eigenvalue weighted by Gasteiger charge is -2.32. The van der Waals surface area contributed by atoms with Gasteiger partial charge in [-0.05, 0) is 99.4 Å². The largest absolute Gasteiger partial charge is 0.495 e. The second-order valence-corrected chi connectivity index (χ2v) is 15.7. The van der Waals surface area contributed by atoms with Gasteiger partial charge in [0.15, 0.2) is 0 Å². The summed E-state index contributed by atoms with van der Waals surface area (Å²) in [5.41, 5.74) is 4.63. The van der Waals surface area contributed by atoms with Gasteiger partial charge in [-0.1, -0.05) is 90.1 Å². The molecule has 0 aliphatic carbocycles. The molecule has 0 spiro atoms. The number of hydrogen-bond donors (Lipinski definition) is 0. The van der Waals surface area contributed by atoms with Crippen molar-refractivity contribution in [2.45, 2.75) is 130 Å². The molecule has 2 aromatic rings. The fourth-order valence-corrected chi connectivity index (χ4v) is 5.06. The molecule has 4 rings (SSSR count). The van der Waals surface area contributed by atoms with Crippen LogP contribution in [-0.2, 0) is 29.4 Å². The molecule has 6 heteroatoms. The number of rotatable bonds is 4. The van der Waals surface area contributed by atoms with E-state index < -0.39 is 36.6 Å². The molecule has 2 saturated heterocycles. The Morgan fingerprint density at radius 2 is 0.675 bits per heavy atom. The van der Waals surface area contributed by atoms with E-state index in [0.717, 1.165) is 22.1 Å². The molecule has 40 heavy (non-hydrogen) atoms. The third kappa shape index (κ3) is 5.75. The maximum atomic E-state index is 6.73. The first kappa shape index (κ1) is 31.1. The lowest BCUT2D eigenvalue weighted by atomic mass is 9.60. The number of benzene rings is 2. The Hall–Kier alpha value is -1.85. The minimum Gasteiger partial charge on any atom is -0.399 e. The van der Waals surface area contributed by atoms with Crippen molar-refractivity contribution in [3.8, 4) is 0 Å². The van der Waals surface area contributed by atoms with Gasteiger partial charge in [-0.25, -0.2) is 0 Å². The van der Waals surface area contributed by atoms with Gasteiger partial charge in [-0.3, -0.25) is 0 Å². The molecular formula is C34H50B2O4. The summed E-state index contributed by atoms with van der Waals surface area (Å²) in [6.45, 7) is 30.2. The van der Waals surface area contributed by atoms with Crippen molar-refractivity contribution in [2.75, 3.05) is 0 Å². The van der Waals surface area contributed by atoms with Gasteiger partial charge < -0.3 is 18.6 Å². The van der Waals surface area contributed by atoms with E-state index in [1.807, 2.05) is 0 Å². The summed E-state index contributed by atoms with van der Waals surface area (Å²) in [6, 6.07) is 17.6. The summed E-state index contributed by atoms with van der Waals surface area (Å²) >= 11 is 0. The minimum atomic E-state index is -0.596. The van der Waals surface area contributed by atoms with Gasteiger partial charge in [0, 0.05) is 0 Å². The van der Waals surface area contributed by atoms with Crippen LogP contribution >= 0.6 is 0 Å². The Labute approximate surface area is 244 Å². The van der Waals surface area contributed by atoms with Gasteiger partial charge in [0.2, 0.25) is 0 Å². The van der Waals surface area contributed by atoms with Crippen LogP contribution in [0.2, 0.25) is 0 Å². The van der Waals surface area contributed by atoms with E-state index in [9.17, 15) is 0 Å². The Kier molecular flexibility index (Phi) is 7.67. The molecule has 2 aliphatic rings. The second kappa shape index (κ2) is 9.87. The highest BCUT2D eigenvalue weighted by Gasteiger charge is 2.57. The van der Waals surface area contributed by atoms with E-state index in [1.165, 1.54) is 11.1 Å². The second-order valence-electron chi connectivity index (χ2n) is 15.7. The highest BCUT2D eigenvalue weighted by Crippen LogP contribution is 2.47. The van der Waals surface area contributed by atoms with Gasteiger partial charge >= 0.3 is 14.2 Å². The van der Waals surface area contributed by atoms with E-state index in [1.54, 1.807) is 0 Å². The first-order chi connectivity index (χ1) is 18.1. The van der Waals surface area contributed by atoms with Crippen LogP contribution in [0.5, 0.6) is 0 Å². The fourth-order valence-electron chi connectivity index (χ4n) is 5.06. The molecule has 0 unspecified atom stereocenters. The van der Waals surface area contributed by atoms with E-state index in [2.05, 4.69) is 145 Å². The fraction of sp³-hybridized carbons (Fsp3) is 0.588. The minimum absolute atomic E-state index is 0.0457. The molecule has 0 saturated carbocycles. The topological polar surface area (TPSA) is 36.9 Å². The summed E-state index contributed by atoms with van der Waals surface area (Å²) in [5.74, 6) is 0. The Morgan fingerprint density at radius 3 is 0.875 bits per heavy atom. The molecule has 2 fully saturated rings. The highest BCUT2D eigenvalue weighted by molar-refractivity contribution is 6.82. The van der Waals surface area contributed by atoms with Crippen LogP contribution in [0.25, 0.3) is 10.9 Å². The normalized spacial score (nSPS) is 22.4. The Balaban J connectivity index is 2.00. The third-order valence-electron chi connectivity index (χ3n) is 9.39. The van der Waals surface area contributed by atoms with Crippen molar-refractivity contribution >= 4 is 25.2 Å². The molecule has 0 N–H and O–H groups in total. The summed E-state index contributed by atoms with van der Waals surface area (Å²) in [7, 11) is -1.19. The van der Waals surface area contributed by atoms with Crippen LogP contribution in [0.1, 0.15) is 119 Å². The smallest absolute Gasteiger partial charge is 0.399 e. The molecule has 0 amide bonds. The molecule has 4 nitrogen and oxygen atoms in total. The zero-order chi connectivity index (χ0) is 30.1. The van der Waals surface area contributed by atoms with Crippen LogP contribution in [0.4, 0.5) is 0 Å². The van der Waals surface area contributed by atoms with Crippen LogP contribution in [0.15, 0.2) is 48.5 Å². The van der Waals surface area contributed by atoms with E-state index >= 15 is 0 Å². The van der Waals surface area contributed by atoms with Crippen molar-refractivity contribution < 1.29 is 18.6 Å². The molecule has 0 aromatic heterocycles.